The number of amides is 1. The van der Waals surface area contributed by atoms with Crippen molar-refractivity contribution < 1.29 is 9.32 Å². The molecule has 3 heterocycles. The van der Waals surface area contributed by atoms with Gasteiger partial charge >= 0.3 is 0 Å². The van der Waals surface area contributed by atoms with Gasteiger partial charge in [-0.05, 0) is 70.3 Å². The van der Waals surface area contributed by atoms with Crippen molar-refractivity contribution in [1.29, 1.82) is 0 Å². The van der Waals surface area contributed by atoms with E-state index >= 15 is 0 Å². The lowest BCUT2D eigenvalue weighted by atomic mass is 9.80. The van der Waals surface area contributed by atoms with Crippen LogP contribution in [0.2, 0.25) is 5.02 Å². The van der Waals surface area contributed by atoms with E-state index in [0.717, 1.165) is 11.1 Å². The summed E-state index contributed by atoms with van der Waals surface area (Å²) in [6.07, 6.45) is 3.36. The maximum absolute atomic E-state index is 13.2. The molecule has 13 heteroatoms. The molecule has 0 fully saturated rings. The second-order valence-corrected chi connectivity index (χ2v) is 11.0. The number of nitrogens with one attached hydrogen (secondary N) is 1. The van der Waals surface area contributed by atoms with Crippen LogP contribution < -0.4 is 16.8 Å². The third-order valence-corrected chi connectivity index (χ3v) is 8.03. The summed E-state index contributed by atoms with van der Waals surface area (Å²) in [6, 6.07) is 20.6. The van der Waals surface area contributed by atoms with Crippen molar-refractivity contribution in [3.63, 3.8) is 0 Å². The van der Waals surface area contributed by atoms with E-state index in [4.69, 9.17) is 44.2 Å². The number of benzene rings is 3. The fourth-order valence-corrected chi connectivity index (χ4v) is 5.78. The topological polar surface area (TPSA) is 163 Å². The van der Waals surface area contributed by atoms with E-state index in [1.54, 1.807) is 36.5 Å². The molecule has 3 aromatic carbocycles. The summed E-state index contributed by atoms with van der Waals surface area (Å²) in [4.78, 5) is 16.8. The molecule has 0 radical (unpaired) electrons. The smallest absolute Gasteiger partial charge is 0.221 e. The number of hydrogen-bond donors (Lipinski definition) is 3. The number of aromatic nitrogens is 5. The Morgan fingerprint density at radius 3 is 2.71 bits per heavy atom. The Hall–Kier alpha value is -4.32. The van der Waals surface area contributed by atoms with Crippen LogP contribution in [0.3, 0.4) is 0 Å². The highest BCUT2D eigenvalue weighted by molar-refractivity contribution is 6.32. The number of rotatable bonds is 9. The van der Waals surface area contributed by atoms with E-state index < -0.39 is 23.0 Å². The van der Waals surface area contributed by atoms with E-state index in [2.05, 4.69) is 26.0 Å². The molecule has 1 aliphatic rings. The Kier molecular flexibility index (Phi) is 7.16. The number of tetrazole rings is 1. The molecule has 4 atom stereocenters. The number of anilines is 1. The van der Waals surface area contributed by atoms with Crippen molar-refractivity contribution in [2.24, 2.45) is 22.6 Å². The summed E-state index contributed by atoms with van der Waals surface area (Å²) in [5.41, 5.74) is 15.7. The van der Waals surface area contributed by atoms with Gasteiger partial charge in [-0.1, -0.05) is 64.8 Å². The van der Waals surface area contributed by atoms with Gasteiger partial charge in [0.15, 0.2) is 16.4 Å². The molecule has 0 bridgehead atoms. The second kappa shape index (κ2) is 10.9. The Labute approximate surface area is 244 Å². The number of fused-ring (bicyclic) bond motifs is 1. The van der Waals surface area contributed by atoms with Crippen molar-refractivity contribution >= 4 is 52.1 Å². The van der Waals surface area contributed by atoms with Crippen molar-refractivity contribution in [3.05, 3.63) is 94.8 Å². The van der Waals surface area contributed by atoms with E-state index in [0.29, 0.717) is 39.5 Å². The van der Waals surface area contributed by atoms with Crippen LogP contribution in [-0.4, -0.2) is 43.7 Å². The number of hydrogen-bond acceptors (Lipinski definition) is 9. The predicted molar refractivity (Wildman–Crippen MR) is 156 cm³/mol. The Balaban J connectivity index is 1.35. The Bertz CT molecular complexity index is 1730. The summed E-state index contributed by atoms with van der Waals surface area (Å²) < 4.78 is 6.87. The maximum Gasteiger partial charge on any atom is 0.221 e. The number of nitrogen functional groups attached to an aromatic ring is 1. The number of aliphatic imine (C=N–C) groups is 1. The van der Waals surface area contributed by atoms with Gasteiger partial charge in [-0.15, -0.1) is 5.10 Å². The van der Waals surface area contributed by atoms with Gasteiger partial charge in [0.1, 0.15) is 12.5 Å². The molecule has 5 aromatic rings. The predicted octanol–water partition coefficient (Wildman–Crippen LogP) is 3.63. The molecule has 3 unspecified atom stereocenters. The maximum atomic E-state index is 13.2. The van der Waals surface area contributed by atoms with Crippen molar-refractivity contribution in [2.75, 3.05) is 5.73 Å². The first-order valence-corrected chi connectivity index (χ1v) is 13.6. The molecule has 6 rings (SSSR count). The summed E-state index contributed by atoms with van der Waals surface area (Å²) in [7, 11) is 0. The summed E-state index contributed by atoms with van der Waals surface area (Å²) in [5, 5.41) is 20.0. The van der Waals surface area contributed by atoms with Gasteiger partial charge in [-0.25, -0.2) is 4.68 Å². The lowest BCUT2D eigenvalue weighted by Gasteiger charge is -2.32. The number of halogens is 2. The molecule has 0 saturated heterocycles. The van der Waals surface area contributed by atoms with Gasteiger partial charge in [0.05, 0.1) is 11.1 Å². The SMILES string of the molecule is NC(=O)C(Cc1cc(Cl)ccc1-n1cnnn1)[C@H](Cc1ccccc1)C1N=CC(Cl)(c2ccc3c(N)noc3c2)N1. The summed E-state index contributed by atoms with van der Waals surface area (Å²) >= 11 is 13.5. The van der Waals surface area contributed by atoms with Gasteiger partial charge in [-0.2, -0.15) is 0 Å². The van der Waals surface area contributed by atoms with Crippen LogP contribution in [-0.2, 0) is 22.6 Å². The fraction of sp³-hybridized carbons (Fsp3) is 0.214. The number of alkyl halides is 1. The van der Waals surface area contributed by atoms with Crippen LogP contribution in [0.1, 0.15) is 16.7 Å². The minimum Gasteiger partial charge on any atom is -0.380 e. The largest absolute Gasteiger partial charge is 0.380 e. The van der Waals surface area contributed by atoms with Crippen molar-refractivity contribution in [1.82, 2.24) is 30.7 Å². The van der Waals surface area contributed by atoms with E-state index in [1.807, 2.05) is 36.4 Å². The van der Waals surface area contributed by atoms with Crippen LogP contribution in [0.5, 0.6) is 0 Å². The third kappa shape index (κ3) is 5.39. The van der Waals surface area contributed by atoms with Gasteiger partial charge in [-0.3, -0.25) is 15.1 Å². The average molecular weight is 590 g/mol. The highest BCUT2D eigenvalue weighted by Gasteiger charge is 2.42. The fourth-order valence-electron chi connectivity index (χ4n) is 5.30. The standard InChI is InChI=1S/C28H25Cl2N9O2/c29-19-7-9-23(39-15-34-37-38-39)17(11-19)12-21(26(32)40)22(10-16-4-2-1-3-5-16)27-33-14-28(30,35-27)18-6-8-20-24(13-18)41-36-25(20)31/h1-9,11,13-15,21-22,27,35H,10,12H2,(H2,31,36)(H2,32,40)/t21?,22-,27?,28?/m0/s1. The van der Waals surface area contributed by atoms with Gasteiger partial charge in [0, 0.05) is 23.1 Å². The number of nitrogens with zero attached hydrogens (tertiary/aromatic N) is 6. The number of carbonyl (C=O) groups is 1. The molecule has 11 nitrogen and oxygen atoms in total. The highest BCUT2D eigenvalue weighted by Crippen LogP contribution is 2.37. The molecule has 5 N–H and O–H groups in total. The third-order valence-electron chi connectivity index (χ3n) is 7.37. The minimum absolute atomic E-state index is 0.273. The zero-order chi connectivity index (χ0) is 28.6. The van der Waals surface area contributed by atoms with Crippen molar-refractivity contribution in [3.8, 4) is 5.69 Å². The van der Waals surface area contributed by atoms with Crippen LogP contribution >= 0.6 is 23.2 Å². The van der Waals surface area contributed by atoms with Gasteiger partial charge < -0.3 is 16.0 Å². The van der Waals surface area contributed by atoms with Crippen LogP contribution in [0.15, 0.2) is 82.6 Å². The van der Waals surface area contributed by atoms with E-state index in [-0.39, 0.29) is 12.3 Å². The number of nitrogens with two attached hydrogens (primary N) is 2. The molecule has 208 valence electrons. The Morgan fingerprint density at radius 1 is 1.12 bits per heavy atom. The molecule has 0 aliphatic carbocycles. The average Bonchev–Trinajstić information content (AvgIpc) is 3.72. The molecule has 2 aromatic heterocycles. The summed E-state index contributed by atoms with van der Waals surface area (Å²) in [5.74, 6) is -1.21. The second-order valence-electron chi connectivity index (χ2n) is 9.95. The lowest BCUT2D eigenvalue weighted by Crippen LogP contribution is -2.47. The monoisotopic (exact) mass is 589 g/mol. The van der Waals surface area contributed by atoms with Crippen molar-refractivity contribution in [2.45, 2.75) is 24.0 Å². The van der Waals surface area contributed by atoms with Gasteiger partial charge in [0.2, 0.25) is 5.91 Å². The lowest BCUT2D eigenvalue weighted by molar-refractivity contribution is -0.123. The zero-order valence-electron chi connectivity index (χ0n) is 21.6. The molecular weight excluding hydrogens is 565 g/mol. The molecule has 41 heavy (non-hydrogen) atoms. The van der Waals surface area contributed by atoms with E-state index in [9.17, 15) is 4.79 Å². The van der Waals surface area contributed by atoms with Crippen LogP contribution in [0.4, 0.5) is 5.82 Å². The first-order valence-electron chi connectivity index (χ1n) is 12.8. The van der Waals surface area contributed by atoms with Crippen LogP contribution in [0, 0.1) is 11.8 Å². The molecule has 1 amide bonds. The minimum atomic E-state index is -1.16. The molecule has 0 saturated carbocycles. The zero-order valence-corrected chi connectivity index (χ0v) is 23.1. The molecule has 1 aliphatic heterocycles. The first-order chi connectivity index (χ1) is 19.8. The van der Waals surface area contributed by atoms with Gasteiger partial charge in [0.25, 0.3) is 0 Å². The van der Waals surface area contributed by atoms with Crippen LogP contribution in [0.25, 0.3) is 16.7 Å². The quantitative estimate of drug-likeness (QED) is 0.173. The normalized spacial score (nSPS) is 19.9. The summed E-state index contributed by atoms with van der Waals surface area (Å²) in [6.45, 7) is 0. The molecule has 0 spiro atoms. The number of primary amides is 1. The van der Waals surface area contributed by atoms with E-state index in [1.165, 1.54) is 11.0 Å². The first kappa shape index (κ1) is 26.9. The number of carbonyl (C=O) groups excluding carboxylic acids is 1. The molecular formula is C28H25Cl2N9O2. The Morgan fingerprint density at radius 2 is 1.95 bits per heavy atom. The highest BCUT2D eigenvalue weighted by atomic mass is 35.5.